The van der Waals surface area contributed by atoms with Crippen LogP contribution >= 0.6 is 0 Å². The number of piperazine rings is 1. The van der Waals surface area contributed by atoms with Crippen LogP contribution in [-0.2, 0) is 23.2 Å². The molecule has 1 aromatic heterocycles. The van der Waals surface area contributed by atoms with Crippen LogP contribution in [0.3, 0.4) is 0 Å². The molecule has 1 aliphatic rings. The average Bonchev–Trinajstić information content (AvgIpc) is 3.01. The van der Waals surface area contributed by atoms with E-state index < -0.39 is 6.04 Å². The lowest BCUT2D eigenvalue weighted by atomic mass is 10.1. The fourth-order valence-electron chi connectivity index (χ4n) is 3.25. The van der Waals surface area contributed by atoms with Crippen molar-refractivity contribution in [2.75, 3.05) is 19.6 Å². The molecule has 2 N–H and O–H groups in total. The number of nitrogens with zero attached hydrogens (tertiary/aromatic N) is 3. The molecule has 1 fully saturated rings. The van der Waals surface area contributed by atoms with Crippen molar-refractivity contribution in [2.45, 2.75) is 25.9 Å². The lowest BCUT2D eigenvalue weighted by Crippen LogP contribution is -2.56. The molecule has 2 amide bonds. The minimum absolute atomic E-state index is 0.0943. The van der Waals surface area contributed by atoms with Crippen molar-refractivity contribution in [1.82, 2.24) is 25.3 Å². The number of aryl methyl sites for hydroxylation is 2. The second-order valence-corrected chi connectivity index (χ2v) is 7.00. The standard InChI is InChI=1S/C21H27N5O2/c1-16-13-18(24-25(16)2)15-23-20(27)14-19-21(28)22-10-12-26(19)11-6-9-17-7-4-3-5-8-17/h3-9,13,19H,10-12,14-15H2,1-2H3,(H,22,28)(H,23,27)/b9-6+/t19-/m0/s1. The quantitative estimate of drug-likeness (QED) is 0.757. The Kier molecular flexibility index (Phi) is 6.60. The van der Waals surface area contributed by atoms with Gasteiger partial charge >= 0.3 is 0 Å². The summed E-state index contributed by atoms with van der Waals surface area (Å²) in [7, 11) is 1.87. The molecule has 148 valence electrons. The van der Waals surface area contributed by atoms with Gasteiger partial charge in [0.25, 0.3) is 0 Å². The molecular weight excluding hydrogens is 354 g/mol. The minimum Gasteiger partial charge on any atom is -0.353 e. The van der Waals surface area contributed by atoms with Gasteiger partial charge in [-0.05, 0) is 18.6 Å². The first-order chi connectivity index (χ1) is 13.5. The molecular formula is C21H27N5O2. The van der Waals surface area contributed by atoms with E-state index >= 15 is 0 Å². The van der Waals surface area contributed by atoms with Crippen molar-refractivity contribution in [2.24, 2.45) is 7.05 Å². The molecule has 0 spiro atoms. The maximum Gasteiger partial charge on any atom is 0.237 e. The van der Waals surface area contributed by atoms with Crippen LogP contribution in [0, 0.1) is 6.92 Å². The monoisotopic (exact) mass is 381 g/mol. The fraction of sp³-hybridized carbons (Fsp3) is 0.381. The summed E-state index contributed by atoms with van der Waals surface area (Å²) >= 11 is 0. The maximum absolute atomic E-state index is 12.4. The van der Waals surface area contributed by atoms with E-state index in [1.54, 1.807) is 4.68 Å². The van der Waals surface area contributed by atoms with Crippen LogP contribution in [0.2, 0.25) is 0 Å². The van der Waals surface area contributed by atoms with Crippen molar-refractivity contribution in [3.8, 4) is 0 Å². The fourth-order valence-corrected chi connectivity index (χ4v) is 3.25. The zero-order valence-corrected chi connectivity index (χ0v) is 16.4. The number of hydrogen-bond acceptors (Lipinski definition) is 4. The summed E-state index contributed by atoms with van der Waals surface area (Å²) in [5.74, 6) is -0.245. The van der Waals surface area contributed by atoms with E-state index in [0.717, 1.165) is 23.5 Å². The number of benzene rings is 1. The van der Waals surface area contributed by atoms with Gasteiger partial charge in [0.2, 0.25) is 11.8 Å². The Morgan fingerprint density at radius 1 is 1.36 bits per heavy atom. The molecule has 1 saturated heterocycles. The summed E-state index contributed by atoms with van der Waals surface area (Å²) in [4.78, 5) is 26.8. The van der Waals surface area contributed by atoms with Gasteiger partial charge in [0.05, 0.1) is 24.7 Å². The third-order valence-electron chi connectivity index (χ3n) is 4.90. The molecule has 7 nitrogen and oxygen atoms in total. The van der Waals surface area contributed by atoms with Crippen LogP contribution in [0.4, 0.5) is 0 Å². The van der Waals surface area contributed by atoms with E-state index in [1.165, 1.54) is 0 Å². The van der Waals surface area contributed by atoms with Crippen LogP contribution in [-0.4, -0.2) is 52.2 Å². The van der Waals surface area contributed by atoms with Gasteiger partial charge in [-0.25, -0.2) is 0 Å². The molecule has 2 aromatic rings. The van der Waals surface area contributed by atoms with Gasteiger partial charge in [0, 0.05) is 32.4 Å². The molecule has 0 unspecified atom stereocenters. The summed E-state index contributed by atoms with van der Waals surface area (Å²) < 4.78 is 1.77. The second-order valence-electron chi connectivity index (χ2n) is 7.00. The number of carbonyl (C=O) groups is 2. The second kappa shape index (κ2) is 9.32. The molecule has 1 aromatic carbocycles. The van der Waals surface area contributed by atoms with Crippen molar-refractivity contribution in [3.05, 3.63) is 59.4 Å². The van der Waals surface area contributed by atoms with Gasteiger partial charge in [-0.15, -0.1) is 0 Å². The number of amides is 2. The van der Waals surface area contributed by atoms with Gasteiger partial charge in [-0.1, -0.05) is 42.5 Å². The highest BCUT2D eigenvalue weighted by Gasteiger charge is 2.30. The number of nitrogens with one attached hydrogen (secondary N) is 2. The molecule has 1 atom stereocenters. The summed E-state index contributed by atoms with van der Waals surface area (Å²) in [5, 5.41) is 10.1. The number of rotatable bonds is 7. The largest absolute Gasteiger partial charge is 0.353 e. The van der Waals surface area contributed by atoms with E-state index in [4.69, 9.17) is 0 Å². The molecule has 28 heavy (non-hydrogen) atoms. The van der Waals surface area contributed by atoms with Crippen LogP contribution < -0.4 is 10.6 Å². The summed E-state index contributed by atoms with van der Waals surface area (Å²) in [6.45, 7) is 4.28. The van der Waals surface area contributed by atoms with E-state index in [9.17, 15) is 9.59 Å². The van der Waals surface area contributed by atoms with Gasteiger partial charge in [-0.3, -0.25) is 19.2 Å². The van der Waals surface area contributed by atoms with Gasteiger partial charge in [-0.2, -0.15) is 5.10 Å². The Bertz CT molecular complexity index is 824. The summed E-state index contributed by atoms with van der Waals surface area (Å²) in [6, 6.07) is 11.5. The van der Waals surface area contributed by atoms with Gasteiger partial charge in [0.15, 0.2) is 0 Å². The smallest absolute Gasteiger partial charge is 0.237 e. The van der Waals surface area contributed by atoms with E-state index in [1.807, 2.05) is 67.4 Å². The van der Waals surface area contributed by atoms with Gasteiger partial charge in [0.1, 0.15) is 0 Å². The minimum atomic E-state index is -0.459. The Labute approximate surface area is 165 Å². The highest BCUT2D eigenvalue weighted by molar-refractivity contribution is 5.88. The number of aromatic nitrogens is 2. The van der Waals surface area contributed by atoms with E-state index in [-0.39, 0.29) is 18.2 Å². The molecule has 0 aliphatic carbocycles. The first-order valence-corrected chi connectivity index (χ1v) is 9.52. The zero-order chi connectivity index (χ0) is 19.9. The van der Waals surface area contributed by atoms with E-state index in [0.29, 0.717) is 19.6 Å². The van der Waals surface area contributed by atoms with E-state index in [2.05, 4.69) is 15.7 Å². The average molecular weight is 381 g/mol. The molecule has 2 heterocycles. The Hall–Kier alpha value is -2.93. The summed E-state index contributed by atoms with van der Waals surface area (Å²) in [5.41, 5.74) is 2.96. The first kappa shape index (κ1) is 19.8. The molecule has 0 bridgehead atoms. The Balaban J connectivity index is 1.54. The maximum atomic E-state index is 12.4. The lowest BCUT2D eigenvalue weighted by Gasteiger charge is -2.33. The number of hydrogen-bond donors (Lipinski definition) is 2. The molecule has 0 radical (unpaired) electrons. The van der Waals surface area contributed by atoms with Crippen molar-refractivity contribution < 1.29 is 9.59 Å². The Morgan fingerprint density at radius 3 is 2.86 bits per heavy atom. The Morgan fingerprint density at radius 2 is 2.14 bits per heavy atom. The lowest BCUT2D eigenvalue weighted by molar-refractivity contribution is -0.133. The first-order valence-electron chi connectivity index (χ1n) is 9.52. The van der Waals surface area contributed by atoms with Gasteiger partial charge < -0.3 is 10.6 Å². The highest BCUT2D eigenvalue weighted by atomic mass is 16.2. The van der Waals surface area contributed by atoms with Crippen molar-refractivity contribution in [3.63, 3.8) is 0 Å². The van der Waals surface area contributed by atoms with Crippen LogP contribution in [0.5, 0.6) is 0 Å². The predicted molar refractivity (Wildman–Crippen MR) is 108 cm³/mol. The molecule has 3 rings (SSSR count). The zero-order valence-electron chi connectivity index (χ0n) is 16.4. The predicted octanol–water partition coefficient (Wildman–Crippen LogP) is 1.25. The molecule has 0 saturated carbocycles. The SMILES string of the molecule is Cc1cc(CNC(=O)C[C@H]2C(=O)NCCN2C/C=C/c2ccccc2)nn1C. The molecule has 1 aliphatic heterocycles. The topological polar surface area (TPSA) is 79.3 Å². The van der Waals surface area contributed by atoms with Crippen LogP contribution in [0.25, 0.3) is 6.08 Å². The van der Waals surface area contributed by atoms with Crippen molar-refractivity contribution in [1.29, 1.82) is 0 Å². The third-order valence-corrected chi connectivity index (χ3v) is 4.90. The van der Waals surface area contributed by atoms with Crippen LogP contribution in [0.1, 0.15) is 23.4 Å². The third kappa shape index (κ3) is 5.29. The number of carbonyl (C=O) groups excluding carboxylic acids is 2. The van der Waals surface area contributed by atoms with Crippen LogP contribution in [0.15, 0.2) is 42.5 Å². The van der Waals surface area contributed by atoms with Crippen molar-refractivity contribution >= 4 is 17.9 Å². The highest BCUT2D eigenvalue weighted by Crippen LogP contribution is 2.10. The molecule has 7 heteroatoms. The normalized spacial score (nSPS) is 17.6. The summed E-state index contributed by atoms with van der Waals surface area (Å²) in [6.07, 6.45) is 4.21.